The third-order valence-corrected chi connectivity index (χ3v) is 2.52. The van der Waals surface area contributed by atoms with Crippen LogP contribution in [0.15, 0.2) is 6.20 Å². The van der Waals surface area contributed by atoms with Crippen LogP contribution in [0.4, 0.5) is 0 Å². The Hall–Kier alpha value is -1.05. The summed E-state index contributed by atoms with van der Waals surface area (Å²) in [5.74, 6) is 1.05. The number of hydrogen-bond acceptors (Lipinski definition) is 2. The molecule has 2 rings (SSSR count). The minimum absolute atomic E-state index is 0.832. The number of nitrogens with zero attached hydrogens (tertiary/aromatic N) is 1. The quantitative estimate of drug-likeness (QED) is 0.691. The van der Waals surface area contributed by atoms with Gasteiger partial charge in [-0.15, -0.1) is 0 Å². The van der Waals surface area contributed by atoms with Crippen molar-refractivity contribution in [2.75, 3.05) is 6.61 Å². The second kappa shape index (κ2) is 3.36. The fourth-order valence-corrected chi connectivity index (χ4v) is 1.88. The molecule has 2 heteroatoms. The maximum absolute atomic E-state index is 5.55. The zero-order valence-corrected chi connectivity index (χ0v) is 8.26. The molecule has 0 bridgehead atoms. The van der Waals surface area contributed by atoms with Gasteiger partial charge in [0.05, 0.1) is 12.3 Å². The molecule has 13 heavy (non-hydrogen) atoms. The first-order chi connectivity index (χ1) is 6.33. The molecule has 0 saturated carbocycles. The summed E-state index contributed by atoms with van der Waals surface area (Å²) in [5.41, 5.74) is 3.81. The average Bonchev–Trinajstić information content (AvgIpc) is 2.59. The van der Waals surface area contributed by atoms with Crippen LogP contribution < -0.4 is 4.74 Å². The van der Waals surface area contributed by atoms with Gasteiger partial charge in [0.15, 0.2) is 0 Å². The first kappa shape index (κ1) is 8.54. The number of fused-ring (bicyclic) bond motifs is 1. The lowest BCUT2D eigenvalue weighted by molar-refractivity contribution is 0.353. The lowest BCUT2D eigenvalue weighted by Gasteiger charge is -2.07. The summed E-state index contributed by atoms with van der Waals surface area (Å²) in [5, 5.41) is 0. The van der Waals surface area contributed by atoms with Gasteiger partial charge < -0.3 is 4.74 Å². The van der Waals surface area contributed by atoms with Gasteiger partial charge in [-0.3, -0.25) is 4.98 Å². The molecule has 0 amide bonds. The summed E-state index contributed by atoms with van der Waals surface area (Å²) in [7, 11) is 0. The van der Waals surface area contributed by atoms with Gasteiger partial charge in [0.2, 0.25) is 0 Å². The average molecular weight is 177 g/mol. The number of hydrogen-bond donors (Lipinski definition) is 0. The van der Waals surface area contributed by atoms with Crippen LogP contribution in [0, 0.1) is 6.92 Å². The molecule has 1 aromatic rings. The number of ether oxygens (including phenoxy) is 1. The highest BCUT2D eigenvalue weighted by Crippen LogP contribution is 2.30. The molecule has 0 N–H and O–H groups in total. The highest BCUT2D eigenvalue weighted by atomic mass is 16.5. The number of aryl methyl sites for hydroxylation is 2. The molecule has 0 radical (unpaired) electrons. The van der Waals surface area contributed by atoms with Crippen LogP contribution >= 0.6 is 0 Å². The molecule has 2 heterocycles. The zero-order chi connectivity index (χ0) is 9.26. The van der Waals surface area contributed by atoms with E-state index in [9.17, 15) is 0 Å². The molecule has 0 aliphatic carbocycles. The molecule has 2 nitrogen and oxygen atoms in total. The van der Waals surface area contributed by atoms with Crippen molar-refractivity contribution in [3.05, 3.63) is 23.0 Å². The largest absolute Gasteiger partial charge is 0.491 e. The first-order valence-electron chi connectivity index (χ1n) is 4.93. The minimum atomic E-state index is 0.832. The van der Waals surface area contributed by atoms with Crippen molar-refractivity contribution in [1.82, 2.24) is 4.98 Å². The normalized spacial score (nSPS) is 14.0. The maximum atomic E-state index is 5.55. The number of pyridine rings is 1. The van der Waals surface area contributed by atoms with E-state index in [0.717, 1.165) is 30.9 Å². The van der Waals surface area contributed by atoms with Crippen LogP contribution in [0.3, 0.4) is 0 Å². The van der Waals surface area contributed by atoms with Crippen molar-refractivity contribution in [2.45, 2.75) is 33.1 Å². The zero-order valence-electron chi connectivity index (χ0n) is 8.26. The smallest absolute Gasteiger partial charge is 0.144 e. The van der Waals surface area contributed by atoms with E-state index in [1.165, 1.54) is 17.5 Å². The lowest BCUT2D eigenvalue weighted by Crippen LogP contribution is -1.94. The minimum Gasteiger partial charge on any atom is -0.491 e. The molecule has 0 unspecified atom stereocenters. The van der Waals surface area contributed by atoms with E-state index >= 15 is 0 Å². The third kappa shape index (κ3) is 1.41. The van der Waals surface area contributed by atoms with E-state index in [4.69, 9.17) is 4.74 Å². The second-order valence-electron chi connectivity index (χ2n) is 3.52. The fourth-order valence-electron chi connectivity index (χ4n) is 1.88. The topological polar surface area (TPSA) is 22.1 Å². The van der Waals surface area contributed by atoms with E-state index < -0.39 is 0 Å². The van der Waals surface area contributed by atoms with Crippen LogP contribution in [-0.4, -0.2) is 11.6 Å². The van der Waals surface area contributed by atoms with E-state index in [2.05, 4.69) is 11.9 Å². The number of rotatable bonds is 2. The van der Waals surface area contributed by atoms with Gasteiger partial charge in [-0.05, 0) is 18.9 Å². The third-order valence-electron chi connectivity index (χ3n) is 2.52. The van der Waals surface area contributed by atoms with Crippen LogP contribution in [-0.2, 0) is 12.8 Å². The second-order valence-corrected chi connectivity index (χ2v) is 3.52. The summed E-state index contributed by atoms with van der Waals surface area (Å²) in [6.45, 7) is 5.04. The fraction of sp³-hybridized carbons (Fsp3) is 0.545. The summed E-state index contributed by atoms with van der Waals surface area (Å²) >= 11 is 0. The van der Waals surface area contributed by atoms with Crippen LogP contribution in [0.2, 0.25) is 0 Å². The van der Waals surface area contributed by atoms with Crippen LogP contribution in [0.25, 0.3) is 0 Å². The summed E-state index contributed by atoms with van der Waals surface area (Å²) in [4.78, 5) is 4.34. The van der Waals surface area contributed by atoms with Crippen molar-refractivity contribution in [3.63, 3.8) is 0 Å². The monoisotopic (exact) mass is 177 g/mol. The van der Waals surface area contributed by atoms with Gasteiger partial charge in [-0.1, -0.05) is 13.3 Å². The molecule has 0 aromatic carbocycles. The molecular formula is C11H15NO. The maximum Gasteiger partial charge on any atom is 0.144 e. The summed E-state index contributed by atoms with van der Waals surface area (Å²) in [6.07, 6.45) is 5.37. The predicted molar refractivity (Wildman–Crippen MR) is 52.2 cm³/mol. The Labute approximate surface area is 78.9 Å². The SMILES string of the molecule is CCCc1cnc(C)c2c1CCO2. The van der Waals surface area contributed by atoms with Gasteiger partial charge >= 0.3 is 0 Å². The first-order valence-corrected chi connectivity index (χ1v) is 4.93. The molecule has 70 valence electrons. The Morgan fingerprint density at radius 1 is 1.54 bits per heavy atom. The van der Waals surface area contributed by atoms with Gasteiger partial charge in [0, 0.05) is 18.2 Å². The van der Waals surface area contributed by atoms with Crippen molar-refractivity contribution < 1.29 is 4.74 Å². The molecule has 1 aromatic heterocycles. The Balaban J connectivity index is 2.43. The van der Waals surface area contributed by atoms with Gasteiger partial charge in [-0.25, -0.2) is 0 Å². The van der Waals surface area contributed by atoms with E-state index in [-0.39, 0.29) is 0 Å². The van der Waals surface area contributed by atoms with Gasteiger partial charge in [-0.2, -0.15) is 0 Å². The van der Waals surface area contributed by atoms with E-state index in [0.29, 0.717) is 0 Å². The highest BCUT2D eigenvalue weighted by Gasteiger charge is 2.18. The van der Waals surface area contributed by atoms with Crippen molar-refractivity contribution in [3.8, 4) is 5.75 Å². The molecule has 0 spiro atoms. The van der Waals surface area contributed by atoms with Crippen molar-refractivity contribution >= 4 is 0 Å². The van der Waals surface area contributed by atoms with Crippen LogP contribution in [0.5, 0.6) is 5.75 Å². The standard InChI is InChI=1S/C11H15NO/c1-3-4-9-7-12-8(2)11-10(9)5-6-13-11/h7H,3-6H2,1-2H3. The number of aromatic nitrogens is 1. The molecule has 1 aliphatic heterocycles. The van der Waals surface area contributed by atoms with E-state index in [1.807, 2.05) is 13.1 Å². The lowest BCUT2D eigenvalue weighted by atomic mass is 10.0. The summed E-state index contributed by atoms with van der Waals surface area (Å²) in [6, 6.07) is 0. The molecule has 1 aliphatic rings. The molecule has 0 atom stereocenters. The predicted octanol–water partition coefficient (Wildman–Crippen LogP) is 2.28. The highest BCUT2D eigenvalue weighted by molar-refractivity contribution is 5.44. The molecule has 0 fully saturated rings. The van der Waals surface area contributed by atoms with Crippen molar-refractivity contribution in [1.29, 1.82) is 0 Å². The Bertz CT molecular complexity index is 320. The molecule has 0 saturated heterocycles. The van der Waals surface area contributed by atoms with Crippen LogP contribution in [0.1, 0.15) is 30.2 Å². The Morgan fingerprint density at radius 2 is 2.38 bits per heavy atom. The Morgan fingerprint density at radius 3 is 3.15 bits per heavy atom. The Kier molecular flexibility index (Phi) is 2.21. The summed E-state index contributed by atoms with van der Waals surface area (Å²) < 4.78 is 5.55. The van der Waals surface area contributed by atoms with Crippen molar-refractivity contribution in [2.24, 2.45) is 0 Å². The molecular weight excluding hydrogens is 162 g/mol. The van der Waals surface area contributed by atoms with Gasteiger partial charge in [0.25, 0.3) is 0 Å². The van der Waals surface area contributed by atoms with E-state index in [1.54, 1.807) is 0 Å². The van der Waals surface area contributed by atoms with Gasteiger partial charge in [0.1, 0.15) is 5.75 Å².